The number of benzene rings is 1. The molecule has 1 aliphatic rings. The Morgan fingerprint density at radius 2 is 2.00 bits per heavy atom. The minimum absolute atomic E-state index is 0.188. The van der Waals surface area contributed by atoms with Crippen LogP contribution in [0.4, 0.5) is 4.39 Å². The molecule has 2 unspecified atom stereocenters. The quantitative estimate of drug-likeness (QED) is 0.796. The molecule has 0 saturated heterocycles. The third-order valence-corrected chi connectivity index (χ3v) is 3.32. The highest BCUT2D eigenvalue weighted by atomic mass is 19.1. The van der Waals surface area contributed by atoms with Crippen LogP contribution in [0.2, 0.25) is 0 Å². The first kappa shape index (κ1) is 12.5. The Morgan fingerprint density at radius 1 is 1.35 bits per heavy atom. The molecule has 2 rings (SSSR count). The van der Waals surface area contributed by atoms with Gasteiger partial charge in [-0.25, -0.2) is 4.39 Å². The lowest BCUT2D eigenvalue weighted by Gasteiger charge is -2.20. The van der Waals surface area contributed by atoms with Gasteiger partial charge in [0, 0.05) is 19.2 Å². The molecule has 0 heterocycles. The summed E-state index contributed by atoms with van der Waals surface area (Å²) in [6, 6.07) is 7.05. The first-order chi connectivity index (χ1) is 8.20. The van der Waals surface area contributed by atoms with E-state index in [9.17, 15) is 4.39 Å². The molecule has 94 valence electrons. The standard InChI is InChI=1S/C14H20FNO/c1-10(9-17)8-16-14(11-2-3-11)12-4-6-13(15)7-5-12/h4-7,10-11,14,16-17H,2-3,8-9H2,1H3. The van der Waals surface area contributed by atoms with Crippen LogP contribution in [0, 0.1) is 17.7 Å². The van der Waals surface area contributed by atoms with Crippen molar-refractivity contribution >= 4 is 0 Å². The van der Waals surface area contributed by atoms with Crippen molar-refractivity contribution in [3.8, 4) is 0 Å². The molecule has 0 bridgehead atoms. The molecule has 0 spiro atoms. The van der Waals surface area contributed by atoms with Crippen LogP contribution in [0.25, 0.3) is 0 Å². The molecule has 3 heteroatoms. The van der Waals surface area contributed by atoms with Gasteiger partial charge in [0.1, 0.15) is 5.82 Å². The predicted molar refractivity (Wildman–Crippen MR) is 66.1 cm³/mol. The SMILES string of the molecule is CC(CO)CNC(c1ccc(F)cc1)C1CC1. The van der Waals surface area contributed by atoms with Crippen molar-refractivity contribution in [3.05, 3.63) is 35.6 Å². The Kier molecular flexibility index (Phi) is 4.13. The topological polar surface area (TPSA) is 32.3 Å². The molecule has 1 aromatic rings. The van der Waals surface area contributed by atoms with E-state index in [0.717, 1.165) is 12.1 Å². The molecule has 1 aromatic carbocycles. The second-order valence-corrected chi connectivity index (χ2v) is 5.06. The van der Waals surface area contributed by atoms with Gasteiger partial charge in [-0.1, -0.05) is 19.1 Å². The predicted octanol–water partition coefficient (Wildman–Crippen LogP) is 2.49. The van der Waals surface area contributed by atoms with Crippen LogP contribution in [0.15, 0.2) is 24.3 Å². The first-order valence-corrected chi connectivity index (χ1v) is 6.30. The van der Waals surface area contributed by atoms with Gasteiger partial charge >= 0.3 is 0 Å². The van der Waals surface area contributed by atoms with E-state index in [4.69, 9.17) is 5.11 Å². The maximum atomic E-state index is 12.9. The lowest BCUT2D eigenvalue weighted by Crippen LogP contribution is -2.29. The summed E-state index contributed by atoms with van der Waals surface area (Å²) in [6.45, 7) is 3.02. The number of rotatable bonds is 6. The first-order valence-electron chi connectivity index (χ1n) is 6.30. The summed E-state index contributed by atoms with van der Waals surface area (Å²) in [5.74, 6) is 0.745. The van der Waals surface area contributed by atoms with Gasteiger partial charge in [-0.05, 0) is 42.4 Å². The summed E-state index contributed by atoms with van der Waals surface area (Å²) < 4.78 is 12.9. The molecule has 17 heavy (non-hydrogen) atoms. The molecule has 0 radical (unpaired) electrons. The lowest BCUT2D eigenvalue weighted by atomic mass is 10.0. The summed E-state index contributed by atoms with van der Waals surface area (Å²) in [5, 5.41) is 12.5. The van der Waals surface area contributed by atoms with Gasteiger partial charge in [0.2, 0.25) is 0 Å². The average Bonchev–Trinajstić information content (AvgIpc) is 3.15. The van der Waals surface area contributed by atoms with Crippen molar-refractivity contribution in [2.45, 2.75) is 25.8 Å². The minimum atomic E-state index is -0.188. The number of hydrogen-bond donors (Lipinski definition) is 2. The summed E-state index contributed by atoms with van der Waals surface area (Å²) in [6.07, 6.45) is 2.48. The molecule has 1 saturated carbocycles. The van der Waals surface area contributed by atoms with E-state index in [-0.39, 0.29) is 18.3 Å². The monoisotopic (exact) mass is 237 g/mol. The van der Waals surface area contributed by atoms with E-state index in [1.54, 1.807) is 0 Å². The van der Waals surface area contributed by atoms with Gasteiger partial charge in [-0.15, -0.1) is 0 Å². The zero-order chi connectivity index (χ0) is 12.3. The molecule has 2 N–H and O–H groups in total. The second-order valence-electron chi connectivity index (χ2n) is 5.06. The minimum Gasteiger partial charge on any atom is -0.396 e. The Labute approximate surface area is 102 Å². The van der Waals surface area contributed by atoms with Crippen molar-refractivity contribution in [1.29, 1.82) is 0 Å². The third-order valence-electron chi connectivity index (χ3n) is 3.32. The fourth-order valence-corrected chi connectivity index (χ4v) is 2.05. The molecule has 0 aliphatic heterocycles. The fraction of sp³-hybridized carbons (Fsp3) is 0.571. The van der Waals surface area contributed by atoms with Crippen LogP contribution in [0.1, 0.15) is 31.4 Å². The van der Waals surface area contributed by atoms with Crippen molar-refractivity contribution < 1.29 is 9.50 Å². The molecule has 2 atom stereocenters. The molecule has 0 aromatic heterocycles. The molecular formula is C14H20FNO. The van der Waals surface area contributed by atoms with E-state index in [1.807, 2.05) is 19.1 Å². The van der Waals surface area contributed by atoms with Crippen molar-refractivity contribution in [2.75, 3.05) is 13.2 Å². The van der Waals surface area contributed by atoms with Crippen molar-refractivity contribution in [1.82, 2.24) is 5.32 Å². The number of aliphatic hydroxyl groups excluding tert-OH is 1. The Hall–Kier alpha value is -0.930. The highest BCUT2D eigenvalue weighted by molar-refractivity contribution is 5.22. The zero-order valence-corrected chi connectivity index (χ0v) is 10.2. The Balaban J connectivity index is 1.99. The molecule has 1 fully saturated rings. The smallest absolute Gasteiger partial charge is 0.123 e. The number of aliphatic hydroxyl groups is 1. The highest BCUT2D eigenvalue weighted by Gasteiger charge is 2.32. The fourth-order valence-electron chi connectivity index (χ4n) is 2.05. The van der Waals surface area contributed by atoms with Crippen LogP contribution in [-0.4, -0.2) is 18.3 Å². The van der Waals surface area contributed by atoms with Gasteiger partial charge in [0.05, 0.1) is 0 Å². The Morgan fingerprint density at radius 3 is 2.53 bits per heavy atom. The largest absolute Gasteiger partial charge is 0.396 e. The van der Waals surface area contributed by atoms with Gasteiger partial charge in [0.15, 0.2) is 0 Å². The van der Waals surface area contributed by atoms with E-state index in [0.29, 0.717) is 12.0 Å². The van der Waals surface area contributed by atoms with Gasteiger partial charge < -0.3 is 10.4 Å². The molecule has 0 amide bonds. The zero-order valence-electron chi connectivity index (χ0n) is 10.2. The van der Waals surface area contributed by atoms with Crippen molar-refractivity contribution in [2.24, 2.45) is 11.8 Å². The summed E-state index contributed by atoms with van der Waals surface area (Å²) in [4.78, 5) is 0. The van der Waals surface area contributed by atoms with Crippen LogP contribution in [-0.2, 0) is 0 Å². The van der Waals surface area contributed by atoms with Crippen LogP contribution in [0.3, 0.4) is 0 Å². The second kappa shape index (κ2) is 5.61. The average molecular weight is 237 g/mol. The lowest BCUT2D eigenvalue weighted by molar-refractivity contribution is 0.228. The normalized spacial score (nSPS) is 19.0. The summed E-state index contributed by atoms with van der Waals surface area (Å²) in [5.41, 5.74) is 1.15. The van der Waals surface area contributed by atoms with Gasteiger partial charge in [-0.3, -0.25) is 0 Å². The number of hydrogen-bond acceptors (Lipinski definition) is 2. The molecule has 1 aliphatic carbocycles. The van der Waals surface area contributed by atoms with Crippen LogP contribution in [0.5, 0.6) is 0 Å². The third kappa shape index (κ3) is 3.51. The summed E-state index contributed by atoms with van der Waals surface area (Å²) >= 11 is 0. The van der Waals surface area contributed by atoms with E-state index >= 15 is 0 Å². The molecule has 2 nitrogen and oxygen atoms in total. The van der Waals surface area contributed by atoms with E-state index in [1.165, 1.54) is 25.0 Å². The Bertz CT molecular complexity index is 348. The molecular weight excluding hydrogens is 217 g/mol. The summed E-state index contributed by atoms with van der Waals surface area (Å²) in [7, 11) is 0. The van der Waals surface area contributed by atoms with E-state index in [2.05, 4.69) is 5.32 Å². The van der Waals surface area contributed by atoms with Crippen LogP contribution < -0.4 is 5.32 Å². The van der Waals surface area contributed by atoms with E-state index < -0.39 is 0 Å². The number of halogens is 1. The van der Waals surface area contributed by atoms with Crippen molar-refractivity contribution in [3.63, 3.8) is 0 Å². The number of nitrogens with one attached hydrogen (secondary N) is 1. The van der Waals surface area contributed by atoms with Gasteiger partial charge in [0.25, 0.3) is 0 Å². The highest BCUT2D eigenvalue weighted by Crippen LogP contribution is 2.41. The van der Waals surface area contributed by atoms with Crippen LogP contribution >= 0.6 is 0 Å². The maximum absolute atomic E-state index is 12.9. The van der Waals surface area contributed by atoms with Gasteiger partial charge in [-0.2, -0.15) is 0 Å². The maximum Gasteiger partial charge on any atom is 0.123 e.